The highest BCUT2D eigenvalue weighted by molar-refractivity contribution is 5.82. The molecule has 4 nitrogen and oxygen atoms in total. The van der Waals surface area contributed by atoms with Gasteiger partial charge in [-0.2, -0.15) is 4.98 Å². The van der Waals surface area contributed by atoms with E-state index in [1.54, 1.807) is 0 Å². The Morgan fingerprint density at radius 3 is 2.24 bits per heavy atom. The zero-order valence-corrected chi connectivity index (χ0v) is 11.7. The third-order valence-corrected chi connectivity index (χ3v) is 3.05. The molecule has 0 aliphatic rings. The van der Waals surface area contributed by atoms with Gasteiger partial charge >= 0.3 is 0 Å². The van der Waals surface area contributed by atoms with Crippen LogP contribution in [0.25, 0.3) is 11.4 Å². The minimum atomic E-state index is -1.56. The van der Waals surface area contributed by atoms with Gasteiger partial charge in [-0.25, -0.2) is 13.2 Å². The number of nitrogens with zero attached hydrogens (tertiary/aromatic N) is 2. The Morgan fingerprint density at radius 2 is 1.76 bits per heavy atom. The number of rotatable bonds is 4. The molecule has 0 aliphatic heterocycles. The quantitative estimate of drug-likeness (QED) is 0.811. The number of aromatic nitrogens is 2. The normalized spacial score (nSPS) is 12.7. The number of carbonyl (C=O) groups is 1. The summed E-state index contributed by atoms with van der Waals surface area (Å²) in [6.07, 6.45) is 0. The van der Waals surface area contributed by atoms with Crippen LogP contribution in [0.5, 0.6) is 0 Å². The lowest BCUT2D eigenvalue weighted by Gasteiger charge is -2.12. The monoisotopic (exact) mass is 298 g/mol. The van der Waals surface area contributed by atoms with Gasteiger partial charge in [-0.05, 0) is 25.0 Å². The first kappa shape index (κ1) is 15.2. The predicted molar refractivity (Wildman–Crippen MR) is 67.9 cm³/mol. The van der Waals surface area contributed by atoms with Crippen molar-refractivity contribution in [3.8, 4) is 11.4 Å². The van der Waals surface area contributed by atoms with E-state index in [9.17, 15) is 18.0 Å². The SMILES string of the molecule is CC(=O)C(c1nc(-c2cc(F)c(F)c(F)c2)no1)C(C)C. The van der Waals surface area contributed by atoms with Crippen molar-refractivity contribution < 1.29 is 22.5 Å². The van der Waals surface area contributed by atoms with Crippen molar-refractivity contribution in [1.82, 2.24) is 10.1 Å². The van der Waals surface area contributed by atoms with E-state index in [1.807, 2.05) is 13.8 Å². The molecule has 2 aromatic rings. The van der Waals surface area contributed by atoms with Crippen LogP contribution >= 0.6 is 0 Å². The summed E-state index contributed by atoms with van der Waals surface area (Å²) < 4.78 is 44.3. The molecule has 1 aromatic heterocycles. The summed E-state index contributed by atoms with van der Waals surface area (Å²) in [4.78, 5) is 15.6. The second-order valence-corrected chi connectivity index (χ2v) is 5.04. The lowest BCUT2D eigenvalue weighted by molar-refractivity contribution is -0.119. The molecule has 7 heteroatoms. The maximum atomic E-state index is 13.2. The van der Waals surface area contributed by atoms with E-state index >= 15 is 0 Å². The van der Waals surface area contributed by atoms with Crippen molar-refractivity contribution >= 4 is 5.78 Å². The first-order chi connectivity index (χ1) is 9.81. The second-order valence-electron chi connectivity index (χ2n) is 5.04. The Hall–Kier alpha value is -2.18. The van der Waals surface area contributed by atoms with Crippen LogP contribution in [0.4, 0.5) is 13.2 Å². The molecular weight excluding hydrogens is 285 g/mol. The number of benzene rings is 1. The molecule has 0 saturated heterocycles. The van der Waals surface area contributed by atoms with Gasteiger partial charge in [0.05, 0.1) is 5.92 Å². The van der Waals surface area contributed by atoms with Gasteiger partial charge in [0.2, 0.25) is 11.7 Å². The Bertz CT molecular complexity index is 660. The van der Waals surface area contributed by atoms with Gasteiger partial charge in [0.1, 0.15) is 5.78 Å². The largest absolute Gasteiger partial charge is 0.338 e. The highest BCUT2D eigenvalue weighted by Crippen LogP contribution is 2.27. The number of carbonyl (C=O) groups excluding carboxylic acids is 1. The standard InChI is InChI=1S/C14H13F3N2O2/c1-6(2)11(7(3)20)14-18-13(19-21-14)8-4-9(15)12(17)10(16)5-8/h4-6,11H,1-3H3. The summed E-state index contributed by atoms with van der Waals surface area (Å²) in [5, 5.41) is 3.59. The van der Waals surface area contributed by atoms with E-state index < -0.39 is 23.4 Å². The zero-order chi connectivity index (χ0) is 15.7. The lowest BCUT2D eigenvalue weighted by Crippen LogP contribution is -2.15. The molecule has 0 spiro atoms. The van der Waals surface area contributed by atoms with Gasteiger partial charge in [-0.1, -0.05) is 19.0 Å². The smallest absolute Gasteiger partial charge is 0.237 e. The van der Waals surface area contributed by atoms with Crippen LogP contribution < -0.4 is 0 Å². The molecule has 0 aliphatic carbocycles. The fourth-order valence-corrected chi connectivity index (χ4v) is 2.09. The lowest BCUT2D eigenvalue weighted by atomic mass is 9.92. The predicted octanol–water partition coefficient (Wildman–Crippen LogP) is 3.48. The van der Waals surface area contributed by atoms with E-state index in [1.165, 1.54) is 6.92 Å². The number of ketones is 1. The van der Waals surface area contributed by atoms with E-state index in [-0.39, 0.29) is 29.0 Å². The van der Waals surface area contributed by atoms with Crippen LogP contribution in [0.15, 0.2) is 16.7 Å². The van der Waals surface area contributed by atoms with Crippen molar-refractivity contribution in [3.05, 3.63) is 35.5 Å². The molecule has 0 bridgehead atoms. The molecule has 1 heterocycles. The molecule has 112 valence electrons. The Morgan fingerprint density at radius 1 is 1.19 bits per heavy atom. The molecule has 0 radical (unpaired) electrons. The molecule has 2 rings (SSSR count). The highest BCUT2D eigenvalue weighted by atomic mass is 19.2. The minimum Gasteiger partial charge on any atom is -0.338 e. The van der Waals surface area contributed by atoms with Crippen LogP contribution in [0.3, 0.4) is 0 Å². The number of hydrogen-bond donors (Lipinski definition) is 0. The van der Waals surface area contributed by atoms with Gasteiger partial charge in [-0.15, -0.1) is 0 Å². The van der Waals surface area contributed by atoms with Crippen LogP contribution in [0.1, 0.15) is 32.6 Å². The second kappa shape index (κ2) is 5.67. The molecule has 0 N–H and O–H groups in total. The summed E-state index contributed by atoms with van der Waals surface area (Å²) in [5.74, 6) is -5.11. The van der Waals surface area contributed by atoms with Gasteiger partial charge < -0.3 is 4.52 Å². The molecule has 21 heavy (non-hydrogen) atoms. The third kappa shape index (κ3) is 2.96. The van der Waals surface area contributed by atoms with Crippen molar-refractivity contribution in [1.29, 1.82) is 0 Å². The fraction of sp³-hybridized carbons (Fsp3) is 0.357. The number of halogens is 3. The summed E-state index contributed by atoms with van der Waals surface area (Å²) in [6, 6.07) is 1.54. The van der Waals surface area contributed by atoms with Gasteiger partial charge in [0, 0.05) is 5.56 Å². The molecule has 0 saturated carbocycles. The first-order valence-electron chi connectivity index (χ1n) is 6.30. The van der Waals surface area contributed by atoms with Crippen molar-refractivity contribution in [2.75, 3.05) is 0 Å². The third-order valence-electron chi connectivity index (χ3n) is 3.05. The highest BCUT2D eigenvalue weighted by Gasteiger charge is 2.27. The molecule has 0 fully saturated rings. The molecule has 1 unspecified atom stereocenters. The van der Waals surface area contributed by atoms with E-state index in [0.29, 0.717) is 0 Å². The Kier molecular flexibility index (Phi) is 4.11. The molecular formula is C14H13F3N2O2. The minimum absolute atomic E-state index is 0.0625. The maximum Gasteiger partial charge on any atom is 0.237 e. The van der Waals surface area contributed by atoms with E-state index in [0.717, 1.165) is 12.1 Å². The number of Topliss-reactive ketones (excluding diaryl/α,β-unsaturated/α-hetero) is 1. The van der Waals surface area contributed by atoms with Crippen molar-refractivity contribution in [2.24, 2.45) is 5.92 Å². The van der Waals surface area contributed by atoms with E-state index in [2.05, 4.69) is 10.1 Å². The molecule has 1 atom stereocenters. The van der Waals surface area contributed by atoms with Gasteiger partial charge in [0.25, 0.3) is 0 Å². The first-order valence-corrected chi connectivity index (χ1v) is 6.30. The van der Waals surface area contributed by atoms with Crippen molar-refractivity contribution in [2.45, 2.75) is 26.7 Å². The average Bonchev–Trinajstić information content (AvgIpc) is 2.83. The van der Waals surface area contributed by atoms with Crippen LogP contribution in [0, 0.1) is 23.4 Å². The maximum absolute atomic E-state index is 13.2. The summed E-state index contributed by atoms with van der Waals surface area (Å²) in [7, 11) is 0. The molecule has 1 aromatic carbocycles. The summed E-state index contributed by atoms with van der Waals surface area (Å²) in [5.41, 5.74) is -0.0625. The zero-order valence-electron chi connectivity index (χ0n) is 11.7. The molecule has 0 amide bonds. The topological polar surface area (TPSA) is 56.0 Å². The van der Waals surface area contributed by atoms with Gasteiger partial charge in [-0.3, -0.25) is 4.79 Å². The van der Waals surface area contributed by atoms with Crippen LogP contribution in [-0.2, 0) is 4.79 Å². The summed E-state index contributed by atoms with van der Waals surface area (Å²) >= 11 is 0. The summed E-state index contributed by atoms with van der Waals surface area (Å²) in [6.45, 7) is 5.02. The van der Waals surface area contributed by atoms with Crippen LogP contribution in [0.2, 0.25) is 0 Å². The van der Waals surface area contributed by atoms with Crippen LogP contribution in [-0.4, -0.2) is 15.9 Å². The average molecular weight is 298 g/mol. The van der Waals surface area contributed by atoms with Gasteiger partial charge in [0.15, 0.2) is 17.5 Å². The van der Waals surface area contributed by atoms with E-state index in [4.69, 9.17) is 4.52 Å². The Balaban J connectivity index is 2.42. The number of hydrogen-bond acceptors (Lipinski definition) is 4. The fourth-order valence-electron chi connectivity index (χ4n) is 2.09. The Labute approximate surface area is 119 Å². The van der Waals surface area contributed by atoms with Crippen molar-refractivity contribution in [3.63, 3.8) is 0 Å².